The number of halogens is 1. The van der Waals surface area contributed by atoms with Crippen molar-refractivity contribution in [2.45, 2.75) is 6.61 Å². The van der Waals surface area contributed by atoms with E-state index in [0.717, 1.165) is 28.6 Å². The van der Waals surface area contributed by atoms with Crippen LogP contribution in [-0.2, 0) is 11.4 Å². The number of rotatable bonds is 8. The Bertz CT molecular complexity index is 1430. The van der Waals surface area contributed by atoms with Crippen LogP contribution in [0.2, 0.25) is 5.02 Å². The fourth-order valence-electron chi connectivity index (χ4n) is 3.79. The molecule has 0 aliphatic carbocycles. The van der Waals surface area contributed by atoms with Crippen molar-refractivity contribution in [3.63, 3.8) is 0 Å². The quantitative estimate of drug-likeness (QED) is 0.232. The van der Waals surface area contributed by atoms with Gasteiger partial charge in [0.05, 0.1) is 11.4 Å². The second-order valence-corrected chi connectivity index (χ2v) is 9.60. The number of fused-ring (bicyclic) bond motifs is 1. The van der Waals surface area contributed by atoms with Gasteiger partial charge in [-0.25, -0.2) is 0 Å². The van der Waals surface area contributed by atoms with Crippen LogP contribution in [0.1, 0.15) is 11.1 Å². The van der Waals surface area contributed by atoms with Crippen LogP contribution in [-0.4, -0.2) is 29.2 Å². The molecule has 5 rings (SSSR count). The zero-order chi connectivity index (χ0) is 24.9. The number of hydrogen-bond acceptors (Lipinski definition) is 5. The highest BCUT2D eigenvalue weighted by atomic mass is 35.5. The first-order valence-electron chi connectivity index (χ1n) is 11.4. The van der Waals surface area contributed by atoms with Crippen LogP contribution in [0, 0.1) is 0 Å². The smallest absolute Gasteiger partial charge is 0.293 e. The van der Waals surface area contributed by atoms with Gasteiger partial charge < -0.3 is 9.47 Å². The van der Waals surface area contributed by atoms with Gasteiger partial charge in [-0.3, -0.25) is 14.5 Å². The Morgan fingerprint density at radius 3 is 2.28 bits per heavy atom. The van der Waals surface area contributed by atoms with Crippen LogP contribution < -0.4 is 9.47 Å². The molecule has 2 amide bonds. The van der Waals surface area contributed by atoms with E-state index in [0.29, 0.717) is 22.3 Å². The molecule has 0 unspecified atom stereocenters. The molecule has 0 radical (unpaired) electrons. The monoisotopic (exact) mass is 515 g/mol. The van der Waals surface area contributed by atoms with E-state index in [2.05, 4.69) is 30.3 Å². The number of hydrogen-bond donors (Lipinski definition) is 0. The highest BCUT2D eigenvalue weighted by Gasteiger charge is 2.34. The predicted octanol–water partition coefficient (Wildman–Crippen LogP) is 7.19. The average molecular weight is 516 g/mol. The summed E-state index contributed by atoms with van der Waals surface area (Å²) in [4.78, 5) is 26.7. The molecule has 5 nitrogen and oxygen atoms in total. The first-order valence-corrected chi connectivity index (χ1v) is 12.6. The summed E-state index contributed by atoms with van der Waals surface area (Å²) in [6.45, 7) is 0.837. The number of carbonyl (C=O) groups is 2. The van der Waals surface area contributed by atoms with Crippen molar-refractivity contribution in [2.24, 2.45) is 0 Å². The third kappa shape index (κ3) is 5.73. The van der Waals surface area contributed by atoms with E-state index >= 15 is 0 Å². The Morgan fingerprint density at radius 1 is 0.806 bits per heavy atom. The van der Waals surface area contributed by atoms with Gasteiger partial charge in [-0.15, -0.1) is 0 Å². The normalized spacial score (nSPS) is 14.6. The highest BCUT2D eigenvalue weighted by Crippen LogP contribution is 2.32. The summed E-state index contributed by atoms with van der Waals surface area (Å²) in [7, 11) is 0. The topological polar surface area (TPSA) is 55.8 Å². The summed E-state index contributed by atoms with van der Waals surface area (Å²) in [5.41, 5.74) is 1.91. The van der Waals surface area contributed by atoms with Crippen LogP contribution in [0.5, 0.6) is 11.5 Å². The highest BCUT2D eigenvalue weighted by molar-refractivity contribution is 8.18. The second-order valence-electron chi connectivity index (χ2n) is 8.17. The number of thioether (sulfide) groups is 1. The second kappa shape index (κ2) is 10.9. The minimum atomic E-state index is -0.318. The Kier molecular flexibility index (Phi) is 7.26. The largest absolute Gasteiger partial charge is 0.492 e. The maximum Gasteiger partial charge on any atom is 0.293 e. The first-order chi connectivity index (χ1) is 17.5. The molecule has 180 valence electrons. The van der Waals surface area contributed by atoms with E-state index in [9.17, 15) is 9.59 Å². The molecule has 1 aliphatic rings. The summed E-state index contributed by atoms with van der Waals surface area (Å²) in [5, 5.41) is 2.69. The molecule has 36 heavy (non-hydrogen) atoms. The van der Waals surface area contributed by atoms with E-state index in [-0.39, 0.29) is 24.3 Å². The van der Waals surface area contributed by atoms with E-state index in [1.165, 1.54) is 15.7 Å². The van der Waals surface area contributed by atoms with Crippen LogP contribution >= 0.6 is 23.4 Å². The molecule has 0 bridgehead atoms. The minimum absolute atomic E-state index is 0.173. The number of carbonyl (C=O) groups excluding carboxylic acids is 2. The average Bonchev–Trinajstić information content (AvgIpc) is 3.16. The standard InChI is InChI=1S/C29H22ClNO4S/c30-24-9-13-25(14-10-24)34-16-15-31-28(32)27(36-29(31)33)18-20-6-11-26(12-7-20)35-19-21-5-8-22-3-1-2-4-23(22)17-21/h1-14,17-18H,15-16,19H2/b27-18-. The summed E-state index contributed by atoms with van der Waals surface area (Å²) < 4.78 is 11.5. The van der Waals surface area contributed by atoms with Crippen molar-refractivity contribution < 1.29 is 19.1 Å². The lowest BCUT2D eigenvalue weighted by atomic mass is 10.1. The van der Waals surface area contributed by atoms with E-state index < -0.39 is 0 Å². The molecule has 1 fully saturated rings. The fraction of sp³-hybridized carbons (Fsp3) is 0.103. The lowest BCUT2D eigenvalue weighted by molar-refractivity contribution is -0.123. The predicted molar refractivity (Wildman–Crippen MR) is 144 cm³/mol. The van der Waals surface area contributed by atoms with Crippen molar-refractivity contribution in [2.75, 3.05) is 13.2 Å². The van der Waals surface area contributed by atoms with Gasteiger partial charge in [0.25, 0.3) is 11.1 Å². The molecule has 4 aromatic rings. The fourth-order valence-corrected chi connectivity index (χ4v) is 4.78. The SMILES string of the molecule is O=C1S/C(=C\c2ccc(OCc3ccc4ccccc4c3)cc2)C(=O)N1CCOc1ccc(Cl)cc1. The zero-order valence-corrected chi connectivity index (χ0v) is 20.8. The van der Waals surface area contributed by atoms with Crippen LogP contribution in [0.15, 0.2) is 95.9 Å². The molecule has 0 saturated carbocycles. The molecule has 1 saturated heterocycles. The maximum absolute atomic E-state index is 12.7. The number of nitrogens with zero attached hydrogens (tertiary/aromatic N) is 1. The maximum atomic E-state index is 12.7. The summed E-state index contributed by atoms with van der Waals surface area (Å²) in [5.74, 6) is 1.04. The zero-order valence-electron chi connectivity index (χ0n) is 19.2. The van der Waals surface area contributed by atoms with E-state index in [4.69, 9.17) is 21.1 Å². The van der Waals surface area contributed by atoms with Gasteiger partial charge in [-0.1, -0.05) is 60.1 Å². The molecule has 7 heteroatoms. The van der Waals surface area contributed by atoms with Crippen molar-refractivity contribution in [1.82, 2.24) is 4.90 Å². The number of amides is 2. The van der Waals surface area contributed by atoms with Crippen LogP contribution in [0.3, 0.4) is 0 Å². The summed E-state index contributed by atoms with van der Waals surface area (Å²) >= 11 is 6.80. The molecule has 4 aromatic carbocycles. The van der Waals surface area contributed by atoms with Crippen molar-refractivity contribution in [1.29, 1.82) is 0 Å². The lowest BCUT2D eigenvalue weighted by Crippen LogP contribution is -2.32. The summed E-state index contributed by atoms with van der Waals surface area (Å²) in [6.07, 6.45) is 1.72. The van der Waals surface area contributed by atoms with Crippen molar-refractivity contribution in [3.05, 3.63) is 112 Å². The van der Waals surface area contributed by atoms with E-state index in [1.807, 2.05) is 36.4 Å². The van der Waals surface area contributed by atoms with Gasteiger partial charge in [0.15, 0.2) is 0 Å². The molecule has 0 atom stereocenters. The number of imide groups is 1. The van der Waals surface area contributed by atoms with Crippen molar-refractivity contribution in [3.8, 4) is 11.5 Å². The molecule has 0 aromatic heterocycles. The summed E-state index contributed by atoms with van der Waals surface area (Å²) in [6, 6.07) is 28.9. The molecule has 0 spiro atoms. The molecular weight excluding hydrogens is 494 g/mol. The van der Waals surface area contributed by atoms with Gasteiger partial charge in [0, 0.05) is 5.02 Å². The van der Waals surface area contributed by atoms with Gasteiger partial charge in [0.2, 0.25) is 0 Å². The van der Waals surface area contributed by atoms with Crippen LogP contribution in [0.25, 0.3) is 16.8 Å². The van der Waals surface area contributed by atoms with Gasteiger partial charge >= 0.3 is 0 Å². The Hall–Kier alpha value is -3.74. The third-order valence-electron chi connectivity index (χ3n) is 5.67. The number of benzene rings is 4. The molecule has 1 aliphatic heterocycles. The Labute approximate surface area is 218 Å². The van der Waals surface area contributed by atoms with Gasteiger partial charge in [-0.05, 0) is 82.2 Å². The molecule has 0 N–H and O–H groups in total. The molecular formula is C29H22ClNO4S. The Morgan fingerprint density at radius 2 is 1.50 bits per heavy atom. The van der Waals surface area contributed by atoms with Crippen LogP contribution in [0.4, 0.5) is 4.79 Å². The van der Waals surface area contributed by atoms with Gasteiger partial charge in [-0.2, -0.15) is 0 Å². The lowest BCUT2D eigenvalue weighted by Gasteiger charge is -2.13. The van der Waals surface area contributed by atoms with Crippen molar-refractivity contribution >= 4 is 51.4 Å². The third-order valence-corrected chi connectivity index (χ3v) is 6.83. The first kappa shape index (κ1) is 24.0. The van der Waals surface area contributed by atoms with E-state index in [1.54, 1.807) is 30.3 Å². The minimum Gasteiger partial charge on any atom is -0.492 e. The molecule has 1 heterocycles. The Balaban J connectivity index is 1.16. The number of ether oxygens (including phenoxy) is 2. The van der Waals surface area contributed by atoms with Gasteiger partial charge in [0.1, 0.15) is 24.7 Å².